The molecule has 0 radical (unpaired) electrons. The van der Waals surface area contributed by atoms with E-state index < -0.39 is 0 Å². The quantitative estimate of drug-likeness (QED) is 0.767. The lowest BCUT2D eigenvalue weighted by atomic mass is 10.4. The fraction of sp³-hybridized carbons (Fsp3) is 0.600. The Morgan fingerprint density at radius 2 is 2.33 bits per heavy atom. The Morgan fingerprint density at radius 3 is 3.22 bits per heavy atom. The summed E-state index contributed by atoms with van der Waals surface area (Å²) in [5.74, 6) is 1.10. The minimum Gasteiger partial charge on any atom is -0.337 e. The topological polar surface area (TPSA) is 95.8 Å². The maximum absolute atomic E-state index is 5.23. The highest BCUT2D eigenvalue weighted by atomic mass is 16.5. The molecule has 0 aliphatic carbocycles. The van der Waals surface area contributed by atoms with E-state index in [-0.39, 0.29) is 0 Å². The Morgan fingerprint density at radius 1 is 1.33 bits per heavy atom. The first kappa shape index (κ1) is 11.3. The van der Waals surface area contributed by atoms with Gasteiger partial charge >= 0.3 is 0 Å². The van der Waals surface area contributed by atoms with Crippen molar-refractivity contribution in [3.8, 4) is 11.5 Å². The molecule has 0 atom stereocenters. The molecule has 2 aromatic heterocycles. The monoisotopic (exact) mass is 249 g/mol. The molecule has 8 nitrogen and oxygen atoms in total. The van der Waals surface area contributed by atoms with Gasteiger partial charge in [0.2, 0.25) is 11.7 Å². The number of nitrogens with one attached hydrogen (secondary N) is 2. The average molecular weight is 249 g/mol. The molecule has 3 rings (SSSR count). The Kier molecular flexibility index (Phi) is 3.29. The van der Waals surface area contributed by atoms with Gasteiger partial charge in [-0.05, 0) is 19.5 Å². The Balaban J connectivity index is 1.66. The first-order chi connectivity index (χ1) is 8.92. The summed E-state index contributed by atoms with van der Waals surface area (Å²) in [7, 11) is 0. The van der Waals surface area contributed by atoms with Gasteiger partial charge in [-0.2, -0.15) is 20.4 Å². The largest absolute Gasteiger partial charge is 0.337 e. The second-order valence-corrected chi connectivity index (χ2v) is 4.25. The molecule has 3 heterocycles. The van der Waals surface area contributed by atoms with Gasteiger partial charge < -0.3 is 9.84 Å². The van der Waals surface area contributed by atoms with Crippen LogP contribution < -0.4 is 5.32 Å². The summed E-state index contributed by atoms with van der Waals surface area (Å²) in [6.07, 6.45) is 2.72. The van der Waals surface area contributed by atoms with Crippen LogP contribution in [-0.2, 0) is 6.54 Å². The van der Waals surface area contributed by atoms with Crippen molar-refractivity contribution in [2.45, 2.75) is 13.0 Å². The third kappa shape index (κ3) is 2.54. The lowest BCUT2D eigenvalue weighted by Crippen LogP contribution is -2.27. The molecule has 0 saturated carbocycles. The van der Waals surface area contributed by atoms with Gasteiger partial charge in [0.1, 0.15) is 0 Å². The van der Waals surface area contributed by atoms with E-state index in [1.807, 2.05) is 0 Å². The summed E-state index contributed by atoms with van der Waals surface area (Å²) in [4.78, 5) is 6.62. The summed E-state index contributed by atoms with van der Waals surface area (Å²) in [6, 6.07) is 0. The van der Waals surface area contributed by atoms with Crippen molar-refractivity contribution in [3.05, 3.63) is 12.1 Å². The van der Waals surface area contributed by atoms with Crippen LogP contribution in [0.25, 0.3) is 11.5 Å². The second kappa shape index (κ2) is 5.23. The van der Waals surface area contributed by atoms with Crippen LogP contribution in [-0.4, -0.2) is 56.6 Å². The van der Waals surface area contributed by atoms with E-state index in [0.29, 0.717) is 24.0 Å². The van der Waals surface area contributed by atoms with Gasteiger partial charge in [-0.1, -0.05) is 5.16 Å². The van der Waals surface area contributed by atoms with Crippen LogP contribution in [0.2, 0.25) is 0 Å². The third-order valence-electron chi connectivity index (χ3n) is 2.90. The van der Waals surface area contributed by atoms with Crippen molar-refractivity contribution < 1.29 is 4.52 Å². The molecule has 1 aliphatic heterocycles. The van der Waals surface area contributed by atoms with Crippen molar-refractivity contribution in [2.75, 3.05) is 26.2 Å². The zero-order chi connectivity index (χ0) is 12.2. The summed E-state index contributed by atoms with van der Waals surface area (Å²) < 4.78 is 5.23. The van der Waals surface area contributed by atoms with Crippen molar-refractivity contribution in [2.24, 2.45) is 0 Å². The number of H-pyrrole nitrogens is 1. The second-order valence-electron chi connectivity index (χ2n) is 4.25. The molecule has 18 heavy (non-hydrogen) atoms. The molecule has 0 amide bonds. The highest BCUT2D eigenvalue weighted by Gasteiger charge is 2.15. The predicted octanol–water partition coefficient (Wildman–Crippen LogP) is -0.350. The molecule has 0 spiro atoms. The lowest BCUT2D eigenvalue weighted by Gasteiger charge is -2.16. The summed E-state index contributed by atoms with van der Waals surface area (Å²) in [5, 5.41) is 17.4. The summed E-state index contributed by atoms with van der Waals surface area (Å²) in [6.45, 7) is 4.82. The minimum absolute atomic E-state index is 0.478. The van der Waals surface area contributed by atoms with Crippen molar-refractivity contribution >= 4 is 0 Å². The first-order valence-electron chi connectivity index (χ1n) is 6.03. The molecule has 96 valence electrons. The van der Waals surface area contributed by atoms with E-state index in [9.17, 15) is 0 Å². The van der Waals surface area contributed by atoms with Gasteiger partial charge in [-0.3, -0.25) is 4.90 Å². The number of nitrogens with zero attached hydrogens (tertiary/aromatic N) is 5. The molecule has 1 fully saturated rings. The molecule has 0 aromatic carbocycles. The molecular formula is C10H15N7O. The lowest BCUT2D eigenvalue weighted by molar-refractivity contribution is 0.239. The minimum atomic E-state index is 0.478. The van der Waals surface area contributed by atoms with Gasteiger partial charge in [0.05, 0.1) is 12.7 Å². The summed E-state index contributed by atoms with van der Waals surface area (Å²) >= 11 is 0. The van der Waals surface area contributed by atoms with Crippen LogP contribution in [0, 0.1) is 0 Å². The van der Waals surface area contributed by atoms with E-state index in [1.165, 1.54) is 0 Å². The van der Waals surface area contributed by atoms with Gasteiger partial charge in [0.15, 0.2) is 5.69 Å². The van der Waals surface area contributed by atoms with Crippen LogP contribution in [0.3, 0.4) is 0 Å². The number of aromatic nitrogens is 5. The van der Waals surface area contributed by atoms with Gasteiger partial charge in [-0.15, -0.1) is 0 Å². The van der Waals surface area contributed by atoms with Crippen LogP contribution in [0.1, 0.15) is 12.3 Å². The van der Waals surface area contributed by atoms with E-state index in [0.717, 1.165) is 32.6 Å². The number of aromatic amines is 1. The van der Waals surface area contributed by atoms with Gasteiger partial charge in [0.25, 0.3) is 0 Å². The molecule has 0 unspecified atom stereocenters. The SMILES string of the molecule is c1n[nH]nc1-c1noc(CN2CCCNCC2)n1. The van der Waals surface area contributed by atoms with Crippen LogP contribution in [0.15, 0.2) is 10.7 Å². The molecule has 0 bridgehead atoms. The van der Waals surface area contributed by atoms with Crippen LogP contribution in [0.4, 0.5) is 0 Å². The fourth-order valence-electron chi connectivity index (χ4n) is 1.98. The number of hydrogen-bond donors (Lipinski definition) is 2. The molecule has 2 N–H and O–H groups in total. The van der Waals surface area contributed by atoms with Crippen molar-refractivity contribution in [1.29, 1.82) is 0 Å². The smallest absolute Gasteiger partial charge is 0.241 e. The standard InChI is InChI=1S/C10H15N7O/c1-2-11-3-5-17(4-1)7-9-13-10(15-18-9)8-6-12-16-14-8/h6,11H,1-5,7H2,(H,12,14,16). The molecular weight excluding hydrogens is 234 g/mol. The normalized spacial score (nSPS) is 17.8. The van der Waals surface area contributed by atoms with Crippen LogP contribution in [0.5, 0.6) is 0 Å². The zero-order valence-electron chi connectivity index (χ0n) is 9.96. The maximum Gasteiger partial charge on any atom is 0.241 e. The van der Waals surface area contributed by atoms with E-state index in [2.05, 4.69) is 35.8 Å². The fourth-order valence-corrected chi connectivity index (χ4v) is 1.98. The third-order valence-corrected chi connectivity index (χ3v) is 2.90. The Bertz CT molecular complexity index is 472. The van der Waals surface area contributed by atoms with Gasteiger partial charge in [0, 0.05) is 13.1 Å². The predicted molar refractivity (Wildman–Crippen MR) is 62.4 cm³/mol. The molecule has 8 heteroatoms. The zero-order valence-corrected chi connectivity index (χ0v) is 9.96. The number of rotatable bonds is 3. The Labute approximate surface area is 104 Å². The molecule has 1 aliphatic rings. The van der Waals surface area contributed by atoms with Crippen molar-refractivity contribution in [3.63, 3.8) is 0 Å². The average Bonchev–Trinajstić information content (AvgIpc) is 2.98. The van der Waals surface area contributed by atoms with Crippen LogP contribution >= 0.6 is 0 Å². The Hall–Kier alpha value is -1.80. The molecule has 1 saturated heterocycles. The van der Waals surface area contributed by atoms with E-state index in [1.54, 1.807) is 6.20 Å². The van der Waals surface area contributed by atoms with E-state index >= 15 is 0 Å². The highest BCUT2D eigenvalue weighted by molar-refractivity contribution is 5.44. The first-order valence-corrected chi connectivity index (χ1v) is 6.03. The number of hydrogen-bond acceptors (Lipinski definition) is 7. The summed E-state index contributed by atoms with van der Waals surface area (Å²) in [5.41, 5.74) is 0.600. The highest BCUT2D eigenvalue weighted by Crippen LogP contribution is 2.12. The van der Waals surface area contributed by atoms with E-state index in [4.69, 9.17) is 4.52 Å². The maximum atomic E-state index is 5.23. The van der Waals surface area contributed by atoms with Crippen molar-refractivity contribution in [1.82, 2.24) is 35.8 Å². The molecule has 2 aromatic rings. The van der Waals surface area contributed by atoms with Gasteiger partial charge in [-0.25, -0.2) is 0 Å².